The number of hydrogen-bond acceptors (Lipinski definition) is 9. The molecular formula is C28H35N7O3. The number of nitrogens with one attached hydrogen (secondary N) is 2. The van der Waals surface area contributed by atoms with Gasteiger partial charge in [-0.05, 0) is 50.5 Å². The number of nitrogens with zero attached hydrogens (tertiary/aromatic N) is 5. The predicted octanol–water partition coefficient (Wildman–Crippen LogP) is 4.10. The molecule has 2 heterocycles. The largest absolute Gasteiger partial charge is 0.496 e. The second kappa shape index (κ2) is 11.8. The first-order valence-electron chi connectivity index (χ1n) is 12.2. The lowest BCUT2D eigenvalue weighted by atomic mass is 10.2. The molecule has 0 saturated heterocycles. The monoisotopic (exact) mass is 517 g/mol. The van der Waals surface area contributed by atoms with E-state index in [1.165, 1.54) is 6.08 Å². The van der Waals surface area contributed by atoms with Gasteiger partial charge in [0.05, 0.1) is 36.8 Å². The molecule has 10 heteroatoms. The second-order valence-corrected chi connectivity index (χ2v) is 9.06. The molecule has 0 aliphatic rings. The summed E-state index contributed by atoms with van der Waals surface area (Å²) in [6.45, 7) is 5.32. The van der Waals surface area contributed by atoms with E-state index in [4.69, 9.17) is 14.5 Å². The predicted molar refractivity (Wildman–Crippen MR) is 153 cm³/mol. The molecule has 0 fully saturated rings. The third-order valence-electron chi connectivity index (χ3n) is 6.19. The van der Waals surface area contributed by atoms with Crippen molar-refractivity contribution < 1.29 is 14.6 Å². The summed E-state index contributed by atoms with van der Waals surface area (Å²) in [5.74, 6) is 2.51. The molecule has 0 radical (unpaired) electrons. The Kier molecular flexibility index (Phi) is 8.35. The summed E-state index contributed by atoms with van der Waals surface area (Å²) in [5, 5.41) is 17.6. The van der Waals surface area contributed by atoms with Crippen LogP contribution in [0.15, 0.2) is 67.5 Å². The Balaban J connectivity index is 1.69. The molecular weight excluding hydrogens is 482 g/mol. The third-order valence-corrected chi connectivity index (χ3v) is 6.19. The third kappa shape index (κ3) is 5.82. The van der Waals surface area contributed by atoms with Crippen molar-refractivity contribution in [3.63, 3.8) is 0 Å². The van der Waals surface area contributed by atoms with Crippen LogP contribution in [0.4, 0.5) is 23.0 Å². The van der Waals surface area contributed by atoms with E-state index in [0.717, 1.165) is 35.4 Å². The number of rotatable bonds is 12. The summed E-state index contributed by atoms with van der Waals surface area (Å²) in [6.07, 6.45) is 4.17. The zero-order valence-corrected chi connectivity index (χ0v) is 22.5. The summed E-state index contributed by atoms with van der Waals surface area (Å²) in [5.41, 5.74) is 3.20. The molecule has 0 saturated carbocycles. The Bertz CT molecular complexity index is 1400. The fourth-order valence-electron chi connectivity index (χ4n) is 4.14. The lowest BCUT2D eigenvalue weighted by Gasteiger charge is -2.27. The zero-order valence-electron chi connectivity index (χ0n) is 22.5. The van der Waals surface area contributed by atoms with Gasteiger partial charge in [0, 0.05) is 44.0 Å². The van der Waals surface area contributed by atoms with Crippen molar-refractivity contribution in [3.8, 4) is 17.3 Å². The number of anilines is 4. The van der Waals surface area contributed by atoms with E-state index >= 15 is 0 Å². The molecule has 0 bridgehead atoms. The average Bonchev–Trinajstić information content (AvgIpc) is 3.36. The number of aliphatic hydroxyl groups is 1. The lowest BCUT2D eigenvalue weighted by Crippen LogP contribution is -2.29. The van der Waals surface area contributed by atoms with Gasteiger partial charge in [0.15, 0.2) is 0 Å². The molecule has 38 heavy (non-hydrogen) atoms. The quantitative estimate of drug-likeness (QED) is 0.189. The van der Waals surface area contributed by atoms with Crippen LogP contribution in [0.25, 0.3) is 16.7 Å². The van der Waals surface area contributed by atoms with E-state index in [2.05, 4.69) is 32.0 Å². The number of aliphatic hydroxyl groups excluding tert-OH is 1. The molecule has 2 aromatic carbocycles. The van der Waals surface area contributed by atoms with Crippen molar-refractivity contribution in [2.24, 2.45) is 0 Å². The minimum absolute atomic E-state index is 0.398. The molecule has 2 aromatic heterocycles. The van der Waals surface area contributed by atoms with Crippen molar-refractivity contribution in [1.29, 1.82) is 0 Å². The molecule has 0 aliphatic heterocycles. The number of fused-ring (bicyclic) bond motifs is 1. The van der Waals surface area contributed by atoms with Crippen LogP contribution in [0.1, 0.15) is 0 Å². The zero-order chi connectivity index (χ0) is 27.2. The highest BCUT2D eigenvalue weighted by molar-refractivity contribution is 5.87. The molecule has 0 aliphatic carbocycles. The highest BCUT2D eigenvalue weighted by Crippen LogP contribution is 2.38. The van der Waals surface area contributed by atoms with Crippen LogP contribution in [0.5, 0.6) is 11.5 Å². The summed E-state index contributed by atoms with van der Waals surface area (Å²) in [4.78, 5) is 13.4. The van der Waals surface area contributed by atoms with Crippen molar-refractivity contribution >= 4 is 33.9 Å². The maximum atomic E-state index is 10.3. The van der Waals surface area contributed by atoms with Crippen molar-refractivity contribution in [2.45, 2.75) is 6.23 Å². The molecule has 4 rings (SSSR count). The molecule has 1 unspecified atom stereocenters. The van der Waals surface area contributed by atoms with E-state index < -0.39 is 6.23 Å². The van der Waals surface area contributed by atoms with Gasteiger partial charge in [-0.15, -0.1) is 0 Å². The van der Waals surface area contributed by atoms with E-state index in [-0.39, 0.29) is 0 Å². The van der Waals surface area contributed by atoms with Crippen LogP contribution >= 0.6 is 0 Å². The van der Waals surface area contributed by atoms with E-state index in [1.807, 2.05) is 74.4 Å². The molecule has 3 N–H and O–H groups in total. The minimum Gasteiger partial charge on any atom is -0.496 e. The average molecular weight is 518 g/mol. The van der Waals surface area contributed by atoms with Gasteiger partial charge in [-0.2, -0.15) is 4.98 Å². The van der Waals surface area contributed by atoms with Crippen molar-refractivity contribution in [1.82, 2.24) is 19.4 Å². The Morgan fingerprint density at radius 3 is 2.55 bits per heavy atom. The first kappa shape index (κ1) is 26.8. The van der Waals surface area contributed by atoms with Crippen LogP contribution in [0, 0.1) is 0 Å². The number of ether oxygens (including phenoxy) is 2. The first-order valence-corrected chi connectivity index (χ1v) is 12.2. The van der Waals surface area contributed by atoms with Gasteiger partial charge in [0.1, 0.15) is 23.5 Å². The highest BCUT2D eigenvalue weighted by atomic mass is 16.5. The summed E-state index contributed by atoms with van der Waals surface area (Å²) < 4.78 is 13.2. The maximum absolute atomic E-state index is 10.3. The van der Waals surface area contributed by atoms with Crippen molar-refractivity contribution in [3.05, 3.63) is 67.5 Å². The Hall–Kier alpha value is -4.28. The van der Waals surface area contributed by atoms with Gasteiger partial charge in [0.2, 0.25) is 5.95 Å². The Morgan fingerprint density at radius 2 is 1.84 bits per heavy atom. The highest BCUT2D eigenvalue weighted by Gasteiger charge is 2.17. The number of aromatic nitrogens is 3. The normalized spacial score (nSPS) is 11.9. The number of likely N-dealkylation sites (N-methyl/N-ethyl adjacent to an activating group) is 2. The van der Waals surface area contributed by atoms with Gasteiger partial charge in [-0.25, -0.2) is 4.98 Å². The maximum Gasteiger partial charge on any atom is 0.229 e. The topological polar surface area (TPSA) is 99.9 Å². The lowest BCUT2D eigenvalue weighted by molar-refractivity contribution is 0.253. The van der Waals surface area contributed by atoms with E-state index in [1.54, 1.807) is 20.4 Å². The summed E-state index contributed by atoms with van der Waals surface area (Å²) in [7, 11) is 9.34. The van der Waals surface area contributed by atoms with Gasteiger partial charge in [-0.1, -0.05) is 12.6 Å². The van der Waals surface area contributed by atoms with Gasteiger partial charge in [0.25, 0.3) is 0 Å². The summed E-state index contributed by atoms with van der Waals surface area (Å²) in [6, 6.07) is 13.5. The smallest absolute Gasteiger partial charge is 0.229 e. The summed E-state index contributed by atoms with van der Waals surface area (Å²) >= 11 is 0. The van der Waals surface area contributed by atoms with E-state index in [9.17, 15) is 5.11 Å². The SMILES string of the molecule is C=CC(O)Nc1cc(Nc2nccc(-n3ccc4c(OC)cccc43)n2)c(OC)cc1N(C)CCN(C)C. The molecule has 4 aromatic rings. The van der Waals surface area contributed by atoms with Crippen LogP contribution in [-0.2, 0) is 0 Å². The number of methoxy groups -OCH3 is 2. The molecule has 10 nitrogen and oxygen atoms in total. The van der Waals surface area contributed by atoms with E-state index in [0.29, 0.717) is 28.9 Å². The standard InChI is InChI=1S/C28H35N7O3/c1-7-27(36)30-20-17-21(25(38-6)18-23(20)34(4)16-15-33(2)3)31-28-29-13-11-26(32-28)35-14-12-19-22(35)9-8-10-24(19)37-5/h7-14,17-18,27,30,36H,1,15-16H2,2-6H3,(H,29,31,32). The van der Waals surface area contributed by atoms with Gasteiger partial charge >= 0.3 is 0 Å². The molecule has 0 spiro atoms. The second-order valence-electron chi connectivity index (χ2n) is 9.06. The molecule has 1 atom stereocenters. The van der Waals surface area contributed by atoms with Gasteiger partial charge in [-0.3, -0.25) is 0 Å². The van der Waals surface area contributed by atoms with Crippen molar-refractivity contribution in [2.75, 3.05) is 64.0 Å². The van der Waals surface area contributed by atoms with Crippen LogP contribution in [-0.4, -0.2) is 79.2 Å². The minimum atomic E-state index is -0.921. The van der Waals surface area contributed by atoms with Crippen LogP contribution in [0.3, 0.4) is 0 Å². The first-order chi connectivity index (χ1) is 18.3. The van der Waals surface area contributed by atoms with Crippen LogP contribution in [0.2, 0.25) is 0 Å². The Morgan fingerprint density at radius 1 is 1.05 bits per heavy atom. The fraction of sp³-hybridized carbons (Fsp3) is 0.286. The fourth-order valence-corrected chi connectivity index (χ4v) is 4.14. The molecule has 200 valence electrons. The number of hydrogen-bond donors (Lipinski definition) is 3. The molecule has 0 amide bonds. The van der Waals surface area contributed by atoms with Gasteiger partial charge < -0.3 is 39.6 Å². The van der Waals surface area contributed by atoms with Crippen LogP contribution < -0.4 is 25.0 Å². The number of benzene rings is 2. The Labute approximate surface area is 223 Å².